The summed E-state index contributed by atoms with van der Waals surface area (Å²) >= 11 is 0. The van der Waals surface area contributed by atoms with Crippen LogP contribution in [0.2, 0.25) is 0 Å². The number of ether oxygens (including phenoxy) is 2. The zero-order valence-electron chi connectivity index (χ0n) is 26.1. The Kier molecular flexibility index (Phi) is 8.59. The zero-order chi connectivity index (χ0) is 31.8. The number of rotatable bonds is 8. The van der Waals surface area contributed by atoms with Crippen LogP contribution in [0.5, 0.6) is 11.8 Å². The molecule has 2 aromatic carbocycles. The van der Waals surface area contributed by atoms with Gasteiger partial charge in [-0.3, -0.25) is 9.88 Å². The van der Waals surface area contributed by atoms with Gasteiger partial charge in [-0.15, -0.1) is 0 Å². The quantitative estimate of drug-likeness (QED) is 0.119. The van der Waals surface area contributed by atoms with E-state index in [4.69, 9.17) is 19.2 Å². The number of amides is 1. The van der Waals surface area contributed by atoms with Crippen molar-refractivity contribution < 1.29 is 32.8 Å². The molecule has 3 atom stereocenters. The van der Waals surface area contributed by atoms with Crippen molar-refractivity contribution in [2.24, 2.45) is 5.92 Å². The number of aryl methyl sites for hydroxylation is 1. The normalized spacial score (nSPS) is 19.5. The first-order chi connectivity index (χ1) is 21.7. The fourth-order valence-corrected chi connectivity index (χ4v) is 6.89. The SMILES string of the molecule is CCc1c(F)ccc2cc(OCOC)cc(-c3ncc4c(N(C)C)nc(OOC(=O)N5C(C)CCC6CCCC65)nc4c3F)c12. The van der Waals surface area contributed by atoms with Gasteiger partial charge in [0.2, 0.25) is 0 Å². The van der Waals surface area contributed by atoms with Gasteiger partial charge in [-0.1, -0.05) is 19.4 Å². The van der Waals surface area contributed by atoms with Crippen LogP contribution in [-0.2, 0) is 16.0 Å². The van der Waals surface area contributed by atoms with Gasteiger partial charge in [0.25, 0.3) is 0 Å². The Labute approximate surface area is 260 Å². The molecule has 10 nitrogen and oxygen atoms in total. The van der Waals surface area contributed by atoms with E-state index in [9.17, 15) is 9.18 Å². The van der Waals surface area contributed by atoms with Crippen molar-refractivity contribution in [2.75, 3.05) is 32.9 Å². The Hall–Kier alpha value is -4.32. The highest BCUT2D eigenvalue weighted by Crippen LogP contribution is 2.41. The summed E-state index contributed by atoms with van der Waals surface area (Å²) in [7, 11) is 4.97. The number of methoxy groups -OCH3 is 1. The largest absolute Gasteiger partial charge is 0.468 e. The molecule has 4 aromatic rings. The highest BCUT2D eigenvalue weighted by molar-refractivity contribution is 6.01. The highest BCUT2D eigenvalue weighted by atomic mass is 19.1. The van der Waals surface area contributed by atoms with Crippen LogP contribution in [0.15, 0.2) is 30.5 Å². The van der Waals surface area contributed by atoms with Gasteiger partial charge in [0, 0.05) is 45.0 Å². The van der Waals surface area contributed by atoms with E-state index < -0.39 is 17.7 Å². The number of benzene rings is 2. The first kappa shape index (κ1) is 30.7. The molecule has 2 fully saturated rings. The third-order valence-corrected chi connectivity index (χ3v) is 8.97. The molecule has 1 saturated carbocycles. The van der Waals surface area contributed by atoms with E-state index >= 15 is 4.39 Å². The van der Waals surface area contributed by atoms with Crippen molar-refractivity contribution >= 4 is 33.6 Å². The molecule has 45 heavy (non-hydrogen) atoms. The van der Waals surface area contributed by atoms with Gasteiger partial charge in [0.15, 0.2) is 12.6 Å². The molecule has 2 aromatic heterocycles. The van der Waals surface area contributed by atoms with Crippen molar-refractivity contribution in [2.45, 2.75) is 64.5 Å². The fourth-order valence-electron chi connectivity index (χ4n) is 6.89. The van der Waals surface area contributed by atoms with Crippen molar-refractivity contribution in [3.8, 4) is 23.0 Å². The summed E-state index contributed by atoms with van der Waals surface area (Å²) in [5.74, 6) is -0.00195. The maximum absolute atomic E-state index is 16.6. The van der Waals surface area contributed by atoms with Gasteiger partial charge in [0.1, 0.15) is 28.6 Å². The number of aromatic nitrogens is 3. The van der Waals surface area contributed by atoms with Crippen LogP contribution >= 0.6 is 0 Å². The molecule has 3 unspecified atom stereocenters. The van der Waals surface area contributed by atoms with Crippen molar-refractivity contribution in [3.05, 3.63) is 47.7 Å². The number of likely N-dealkylation sites (tertiary alicyclic amines) is 1. The molecule has 0 radical (unpaired) electrons. The Bertz CT molecular complexity index is 1750. The number of halogens is 2. The second-order valence-electron chi connectivity index (χ2n) is 11.9. The summed E-state index contributed by atoms with van der Waals surface area (Å²) in [6.45, 7) is 3.81. The van der Waals surface area contributed by atoms with Crippen LogP contribution < -0.4 is 14.5 Å². The van der Waals surface area contributed by atoms with E-state index in [1.807, 2.05) is 13.8 Å². The summed E-state index contributed by atoms with van der Waals surface area (Å²) < 4.78 is 42.4. The molecular formula is C33H37F2N5O5. The first-order valence-corrected chi connectivity index (χ1v) is 15.3. The molecule has 12 heteroatoms. The molecule has 238 valence electrons. The number of anilines is 1. The summed E-state index contributed by atoms with van der Waals surface area (Å²) in [6, 6.07) is 6.16. The minimum atomic E-state index is -0.774. The van der Waals surface area contributed by atoms with E-state index in [-0.39, 0.29) is 36.1 Å². The maximum Gasteiger partial charge on any atom is 0.453 e. The lowest BCUT2D eigenvalue weighted by Gasteiger charge is -2.40. The van der Waals surface area contributed by atoms with E-state index in [2.05, 4.69) is 15.0 Å². The monoisotopic (exact) mass is 621 g/mol. The predicted molar refractivity (Wildman–Crippen MR) is 165 cm³/mol. The summed E-state index contributed by atoms with van der Waals surface area (Å²) in [5, 5.41) is 1.49. The Balaban J connectivity index is 1.42. The number of nitrogens with zero attached hydrogens (tertiary/aromatic N) is 5. The lowest BCUT2D eigenvalue weighted by atomic mass is 9.88. The van der Waals surface area contributed by atoms with Crippen molar-refractivity contribution in [1.82, 2.24) is 19.9 Å². The Morgan fingerprint density at radius 1 is 1.11 bits per heavy atom. The predicted octanol–water partition coefficient (Wildman–Crippen LogP) is 6.82. The summed E-state index contributed by atoms with van der Waals surface area (Å²) in [5.41, 5.74) is 0.596. The number of pyridine rings is 1. The molecule has 0 N–H and O–H groups in total. The summed E-state index contributed by atoms with van der Waals surface area (Å²) in [4.78, 5) is 40.5. The molecule has 0 bridgehead atoms. The number of carbonyl (C=O) groups excluding carboxylic acids is 1. The van der Waals surface area contributed by atoms with Crippen LogP contribution in [0, 0.1) is 17.6 Å². The first-order valence-electron chi connectivity index (χ1n) is 15.3. The van der Waals surface area contributed by atoms with Crippen LogP contribution in [0.4, 0.5) is 19.4 Å². The summed E-state index contributed by atoms with van der Waals surface area (Å²) in [6.07, 6.45) is 6.31. The van der Waals surface area contributed by atoms with Crippen LogP contribution in [0.1, 0.15) is 51.5 Å². The number of carbonyl (C=O) groups is 1. The second-order valence-corrected chi connectivity index (χ2v) is 11.9. The van der Waals surface area contributed by atoms with Gasteiger partial charge in [-0.2, -0.15) is 9.97 Å². The Morgan fingerprint density at radius 3 is 2.69 bits per heavy atom. The zero-order valence-corrected chi connectivity index (χ0v) is 26.1. The topological polar surface area (TPSA) is 99.1 Å². The van der Waals surface area contributed by atoms with E-state index in [0.717, 1.165) is 32.1 Å². The van der Waals surface area contributed by atoms with Gasteiger partial charge in [0.05, 0.1) is 5.39 Å². The molecular weight excluding hydrogens is 584 g/mol. The molecule has 1 aliphatic carbocycles. The van der Waals surface area contributed by atoms with Gasteiger partial charge < -0.3 is 14.4 Å². The fraction of sp³-hybridized carbons (Fsp3) is 0.455. The molecule has 0 spiro atoms. The Morgan fingerprint density at radius 2 is 1.93 bits per heavy atom. The van der Waals surface area contributed by atoms with Crippen LogP contribution in [0.3, 0.4) is 0 Å². The van der Waals surface area contributed by atoms with Crippen molar-refractivity contribution in [3.63, 3.8) is 0 Å². The van der Waals surface area contributed by atoms with E-state index in [1.54, 1.807) is 42.1 Å². The van der Waals surface area contributed by atoms with E-state index in [1.165, 1.54) is 19.4 Å². The maximum atomic E-state index is 16.6. The minimum Gasteiger partial charge on any atom is -0.468 e. The average molecular weight is 622 g/mol. The molecule has 6 rings (SSSR count). The standard InChI is InChI=1S/C33H37F2N5O5/c1-6-22-25(34)13-12-20-14-21(43-17-42-5)15-23(27(20)22)29-28(35)30-24(16-36-29)31(39(3)4)38-32(37-30)44-45-33(41)40-18(2)10-11-19-8-7-9-26(19)40/h12-16,18-19,26H,6-11,17H2,1-5H3. The number of fused-ring (bicyclic) bond motifs is 3. The van der Waals surface area contributed by atoms with Gasteiger partial charge in [-0.25, -0.2) is 23.4 Å². The lowest BCUT2D eigenvalue weighted by Crippen LogP contribution is -2.51. The number of hydrogen-bond acceptors (Lipinski definition) is 9. The molecule has 1 saturated heterocycles. The lowest BCUT2D eigenvalue weighted by molar-refractivity contribution is -0.168. The molecule has 3 heterocycles. The molecule has 2 aliphatic rings. The average Bonchev–Trinajstić information content (AvgIpc) is 3.51. The minimum absolute atomic E-state index is 0.0117. The number of hydrogen-bond donors (Lipinski definition) is 0. The molecule has 1 aliphatic heterocycles. The van der Waals surface area contributed by atoms with Gasteiger partial charge >= 0.3 is 12.1 Å². The second kappa shape index (κ2) is 12.6. The van der Waals surface area contributed by atoms with E-state index in [0.29, 0.717) is 51.2 Å². The smallest absolute Gasteiger partial charge is 0.453 e. The van der Waals surface area contributed by atoms with Crippen LogP contribution in [-0.4, -0.2) is 66.0 Å². The molecule has 1 amide bonds. The third kappa shape index (κ3) is 5.67. The number of piperidine rings is 1. The highest BCUT2D eigenvalue weighted by Gasteiger charge is 2.42. The van der Waals surface area contributed by atoms with Crippen LogP contribution in [0.25, 0.3) is 32.9 Å². The third-order valence-electron chi connectivity index (χ3n) is 8.97. The van der Waals surface area contributed by atoms with Gasteiger partial charge in [-0.05, 0) is 79.5 Å². The van der Waals surface area contributed by atoms with Crippen molar-refractivity contribution in [1.29, 1.82) is 0 Å².